The molecular formula is C13H28N2. The highest BCUT2D eigenvalue weighted by molar-refractivity contribution is 4.75. The summed E-state index contributed by atoms with van der Waals surface area (Å²) in [6, 6.07) is 1.51. The third kappa shape index (κ3) is 4.98. The average molecular weight is 212 g/mol. The molecule has 1 rings (SSSR count). The van der Waals surface area contributed by atoms with Gasteiger partial charge in [0.2, 0.25) is 0 Å². The fourth-order valence-electron chi connectivity index (χ4n) is 2.39. The van der Waals surface area contributed by atoms with Gasteiger partial charge in [-0.25, -0.2) is 0 Å². The Labute approximate surface area is 95.4 Å². The van der Waals surface area contributed by atoms with E-state index in [4.69, 9.17) is 0 Å². The Balaban J connectivity index is 2.00. The molecule has 0 aliphatic carbocycles. The van der Waals surface area contributed by atoms with Gasteiger partial charge >= 0.3 is 0 Å². The zero-order valence-corrected chi connectivity index (χ0v) is 10.8. The molecule has 2 heteroatoms. The van der Waals surface area contributed by atoms with E-state index in [1.165, 1.54) is 45.2 Å². The summed E-state index contributed by atoms with van der Waals surface area (Å²) < 4.78 is 0. The van der Waals surface area contributed by atoms with E-state index in [2.05, 4.69) is 31.0 Å². The van der Waals surface area contributed by atoms with Crippen LogP contribution in [0.4, 0.5) is 0 Å². The van der Waals surface area contributed by atoms with Gasteiger partial charge in [-0.1, -0.05) is 19.8 Å². The first-order valence-electron chi connectivity index (χ1n) is 6.71. The zero-order chi connectivity index (χ0) is 11.1. The molecule has 0 radical (unpaired) electrons. The molecule has 0 spiro atoms. The second-order valence-corrected chi connectivity index (χ2v) is 5.02. The van der Waals surface area contributed by atoms with Gasteiger partial charge in [0.15, 0.2) is 0 Å². The first kappa shape index (κ1) is 13.0. The molecule has 0 aromatic heterocycles. The summed E-state index contributed by atoms with van der Waals surface area (Å²) in [5.41, 5.74) is 0. The SMILES string of the molecule is CCCCC(C)NCCN1CCCC1C. The van der Waals surface area contributed by atoms with Crippen molar-refractivity contribution in [1.82, 2.24) is 10.2 Å². The van der Waals surface area contributed by atoms with Crippen molar-refractivity contribution in [3.8, 4) is 0 Å². The quantitative estimate of drug-likeness (QED) is 0.698. The van der Waals surface area contributed by atoms with Crippen LogP contribution in [-0.4, -0.2) is 36.6 Å². The van der Waals surface area contributed by atoms with Crippen LogP contribution in [0.15, 0.2) is 0 Å². The molecule has 1 N–H and O–H groups in total. The summed E-state index contributed by atoms with van der Waals surface area (Å²) in [4.78, 5) is 2.61. The van der Waals surface area contributed by atoms with E-state index in [1.54, 1.807) is 0 Å². The van der Waals surface area contributed by atoms with Gasteiger partial charge in [-0.3, -0.25) is 4.90 Å². The number of hydrogen-bond donors (Lipinski definition) is 1. The van der Waals surface area contributed by atoms with E-state index in [9.17, 15) is 0 Å². The van der Waals surface area contributed by atoms with Gasteiger partial charge in [-0.2, -0.15) is 0 Å². The molecule has 0 aromatic rings. The summed E-state index contributed by atoms with van der Waals surface area (Å²) in [5, 5.41) is 3.62. The lowest BCUT2D eigenvalue weighted by molar-refractivity contribution is 0.263. The molecule has 1 aliphatic rings. The Kier molecular flexibility index (Phi) is 6.26. The van der Waals surface area contributed by atoms with Crippen molar-refractivity contribution in [3.63, 3.8) is 0 Å². The second-order valence-electron chi connectivity index (χ2n) is 5.02. The predicted molar refractivity (Wildman–Crippen MR) is 67.3 cm³/mol. The summed E-state index contributed by atoms with van der Waals surface area (Å²) in [5.74, 6) is 0. The number of unbranched alkanes of at least 4 members (excludes halogenated alkanes) is 1. The van der Waals surface area contributed by atoms with Crippen LogP contribution in [0.1, 0.15) is 52.9 Å². The van der Waals surface area contributed by atoms with Crippen LogP contribution in [0, 0.1) is 0 Å². The molecule has 1 saturated heterocycles. The van der Waals surface area contributed by atoms with Crippen molar-refractivity contribution in [2.45, 2.75) is 65.0 Å². The van der Waals surface area contributed by atoms with Crippen LogP contribution in [0.25, 0.3) is 0 Å². The second kappa shape index (κ2) is 7.24. The van der Waals surface area contributed by atoms with E-state index >= 15 is 0 Å². The minimum atomic E-state index is 0.697. The zero-order valence-electron chi connectivity index (χ0n) is 10.8. The predicted octanol–water partition coefficient (Wildman–Crippen LogP) is 2.64. The number of nitrogens with zero attached hydrogens (tertiary/aromatic N) is 1. The van der Waals surface area contributed by atoms with Crippen LogP contribution in [0.3, 0.4) is 0 Å². The fourth-order valence-corrected chi connectivity index (χ4v) is 2.39. The molecule has 0 aromatic carbocycles. The van der Waals surface area contributed by atoms with Gasteiger partial charge in [0, 0.05) is 25.2 Å². The largest absolute Gasteiger partial charge is 0.313 e. The maximum Gasteiger partial charge on any atom is 0.0110 e. The summed E-state index contributed by atoms with van der Waals surface area (Å²) >= 11 is 0. The van der Waals surface area contributed by atoms with Crippen LogP contribution in [0.2, 0.25) is 0 Å². The number of likely N-dealkylation sites (tertiary alicyclic amines) is 1. The van der Waals surface area contributed by atoms with Gasteiger partial charge in [0.05, 0.1) is 0 Å². The van der Waals surface area contributed by atoms with Gasteiger partial charge in [0.1, 0.15) is 0 Å². The Bertz CT molecular complexity index is 159. The lowest BCUT2D eigenvalue weighted by atomic mass is 10.1. The Hall–Kier alpha value is -0.0800. The summed E-state index contributed by atoms with van der Waals surface area (Å²) in [6.07, 6.45) is 6.79. The Morgan fingerprint density at radius 3 is 2.87 bits per heavy atom. The lowest BCUT2D eigenvalue weighted by Gasteiger charge is -2.22. The topological polar surface area (TPSA) is 15.3 Å². The minimum absolute atomic E-state index is 0.697. The molecule has 1 aliphatic heterocycles. The highest BCUT2D eigenvalue weighted by Gasteiger charge is 2.19. The van der Waals surface area contributed by atoms with E-state index in [-0.39, 0.29) is 0 Å². The van der Waals surface area contributed by atoms with Crippen molar-refractivity contribution in [2.75, 3.05) is 19.6 Å². The third-order valence-electron chi connectivity index (χ3n) is 3.57. The first-order chi connectivity index (χ1) is 7.24. The standard InChI is InChI=1S/C13H28N2/c1-4-5-7-12(2)14-9-11-15-10-6-8-13(15)3/h12-14H,4-11H2,1-3H3. The maximum atomic E-state index is 3.62. The van der Waals surface area contributed by atoms with Crippen LogP contribution >= 0.6 is 0 Å². The van der Waals surface area contributed by atoms with Crippen molar-refractivity contribution in [1.29, 1.82) is 0 Å². The number of rotatable bonds is 7. The number of nitrogens with one attached hydrogen (secondary N) is 1. The van der Waals surface area contributed by atoms with Crippen molar-refractivity contribution in [2.24, 2.45) is 0 Å². The van der Waals surface area contributed by atoms with Gasteiger partial charge in [0.25, 0.3) is 0 Å². The molecule has 2 atom stereocenters. The molecule has 0 amide bonds. The third-order valence-corrected chi connectivity index (χ3v) is 3.57. The van der Waals surface area contributed by atoms with Crippen LogP contribution in [0.5, 0.6) is 0 Å². The van der Waals surface area contributed by atoms with E-state index in [0.29, 0.717) is 6.04 Å². The first-order valence-corrected chi connectivity index (χ1v) is 6.71. The molecule has 0 bridgehead atoms. The molecule has 0 saturated carbocycles. The minimum Gasteiger partial charge on any atom is -0.313 e. The van der Waals surface area contributed by atoms with E-state index in [1.807, 2.05) is 0 Å². The van der Waals surface area contributed by atoms with E-state index < -0.39 is 0 Å². The molecule has 2 unspecified atom stereocenters. The van der Waals surface area contributed by atoms with E-state index in [0.717, 1.165) is 12.6 Å². The summed E-state index contributed by atoms with van der Waals surface area (Å²) in [7, 11) is 0. The van der Waals surface area contributed by atoms with Crippen molar-refractivity contribution >= 4 is 0 Å². The van der Waals surface area contributed by atoms with Gasteiger partial charge in [-0.15, -0.1) is 0 Å². The molecule has 15 heavy (non-hydrogen) atoms. The van der Waals surface area contributed by atoms with Crippen molar-refractivity contribution < 1.29 is 0 Å². The molecule has 90 valence electrons. The van der Waals surface area contributed by atoms with Crippen molar-refractivity contribution in [3.05, 3.63) is 0 Å². The maximum absolute atomic E-state index is 3.62. The summed E-state index contributed by atoms with van der Waals surface area (Å²) in [6.45, 7) is 10.6. The fraction of sp³-hybridized carbons (Fsp3) is 1.00. The molecule has 1 fully saturated rings. The van der Waals surface area contributed by atoms with Gasteiger partial charge < -0.3 is 5.32 Å². The Morgan fingerprint density at radius 2 is 2.27 bits per heavy atom. The van der Waals surface area contributed by atoms with Crippen LogP contribution in [-0.2, 0) is 0 Å². The average Bonchev–Trinajstić information content (AvgIpc) is 2.61. The highest BCUT2D eigenvalue weighted by atomic mass is 15.2. The van der Waals surface area contributed by atoms with Crippen LogP contribution < -0.4 is 5.32 Å². The Morgan fingerprint density at radius 1 is 1.47 bits per heavy atom. The lowest BCUT2D eigenvalue weighted by Crippen LogP contribution is -2.37. The molecule has 2 nitrogen and oxygen atoms in total. The number of hydrogen-bond acceptors (Lipinski definition) is 2. The normalized spacial score (nSPS) is 24.6. The van der Waals surface area contributed by atoms with Gasteiger partial charge in [-0.05, 0) is 39.7 Å². The molecular weight excluding hydrogens is 184 g/mol. The highest BCUT2D eigenvalue weighted by Crippen LogP contribution is 2.15. The molecule has 1 heterocycles. The monoisotopic (exact) mass is 212 g/mol. The smallest absolute Gasteiger partial charge is 0.0110 e.